The number of aliphatic carboxylic acids is 1. The van der Waals surface area contributed by atoms with E-state index in [0.717, 1.165) is 25.7 Å². The number of hydrogen-bond donors (Lipinski definition) is 4. The van der Waals surface area contributed by atoms with Crippen molar-refractivity contribution in [3.63, 3.8) is 0 Å². The lowest BCUT2D eigenvalue weighted by molar-refractivity contribution is -0.131. The minimum atomic E-state index is -1.42. The Morgan fingerprint density at radius 3 is 1.39 bits per heavy atom. The average Bonchev–Trinajstić information content (AvgIpc) is 2.75. The average molecular weight is 433 g/mol. The molecule has 2 aromatic carbocycles. The highest BCUT2D eigenvalue weighted by Gasteiger charge is 2.12. The Morgan fingerprint density at radius 1 is 0.710 bits per heavy atom. The molecular formula is C24H32O7. The van der Waals surface area contributed by atoms with E-state index in [-0.39, 0.29) is 17.8 Å². The number of rotatable bonds is 9. The molecule has 7 nitrogen and oxygen atoms in total. The maximum absolute atomic E-state index is 10.7. The lowest BCUT2D eigenvalue weighted by Gasteiger charge is -2.13. The predicted molar refractivity (Wildman–Crippen MR) is 118 cm³/mol. The Balaban J connectivity index is 0.000000438. The van der Waals surface area contributed by atoms with Crippen molar-refractivity contribution in [2.75, 3.05) is 0 Å². The van der Waals surface area contributed by atoms with E-state index < -0.39 is 17.7 Å². The molecule has 0 amide bonds. The fourth-order valence-corrected chi connectivity index (χ4v) is 2.51. The highest BCUT2D eigenvalue weighted by Crippen LogP contribution is 2.08. The number of hydrogen-bond acceptors (Lipinski definition) is 5. The summed E-state index contributed by atoms with van der Waals surface area (Å²) in [4.78, 5) is 31.1. The summed E-state index contributed by atoms with van der Waals surface area (Å²) in [5.41, 5.74) is 0.539. The molecule has 2 aromatic rings. The zero-order valence-electron chi connectivity index (χ0n) is 18.0. The third kappa shape index (κ3) is 13.8. The first-order valence-corrected chi connectivity index (χ1v) is 10.2. The van der Waals surface area contributed by atoms with Crippen LogP contribution >= 0.6 is 0 Å². The zero-order valence-corrected chi connectivity index (χ0v) is 18.0. The maximum atomic E-state index is 10.7. The summed E-state index contributed by atoms with van der Waals surface area (Å²) in [5.74, 6) is -3.17. The van der Waals surface area contributed by atoms with Crippen molar-refractivity contribution < 1.29 is 34.8 Å². The van der Waals surface area contributed by atoms with E-state index in [9.17, 15) is 24.6 Å². The lowest BCUT2D eigenvalue weighted by Crippen LogP contribution is -2.16. The first-order chi connectivity index (χ1) is 14.7. The summed E-state index contributed by atoms with van der Waals surface area (Å²) < 4.78 is 0. The molecule has 0 saturated heterocycles. The van der Waals surface area contributed by atoms with Gasteiger partial charge in [0, 0.05) is 5.56 Å². The Morgan fingerprint density at radius 2 is 1.10 bits per heavy atom. The number of carbonyl (C=O) groups excluding carboxylic acids is 1. The van der Waals surface area contributed by atoms with Crippen LogP contribution in [0, 0.1) is 0 Å². The number of carbonyl (C=O) groups is 3. The first kappa shape index (κ1) is 28.0. The fraction of sp³-hybridized carbons (Fsp3) is 0.375. The van der Waals surface area contributed by atoms with Crippen LogP contribution in [-0.4, -0.2) is 50.4 Å². The molecule has 0 bridgehead atoms. The van der Waals surface area contributed by atoms with Crippen LogP contribution in [0.3, 0.4) is 0 Å². The number of ketones is 1. The van der Waals surface area contributed by atoms with Crippen LogP contribution in [0.25, 0.3) is 0 Å². The minimum Gasteiger partial charge on any atom is -0.478 e. The van der Waals surface area contributed by atoms with Gasteiger partial charge >= 0.3 is 11.9 Å². The molecule has 0 aliphatic carbocycles. The van der Waals surface area contributed by atoms with Gasteiger partial charge in [-0.25, -0.2) is 9.59 Å². The first-order valence-electron chi connectivity index (χ1n) is 10.2. The second kappa shape index (κ2) is 16.7. The van der Waals surface area contributed by atoms with Crippen molar-refractivity contribution in [3.8, 4) is 0 Å². The van der Waals surface area contributed by atoms with Crippen molar-refractivity contribution in [2.24, 2.45) is 0 Å². The molecule has 0 aliphatic rings. The summed E-state index contributed by atoms with van der Waals surface area (Å²) >= 11 is 0. The van der Waals surface area contributed by atoms with Crippen LogP contribution in [0.15, 0.2) is 60.7 Å². The summed E-state index contributed by atoms with van der Waals surface area (Å²) in [6, 6.07) is 16.2. The topological polar surface area (TPSA) is 132 Å². The molecular weight excluding hydrogens is 400 g/mol. The monoisotopic (exact) mass is 432 g/mol. The molecule has 0 radical (unpaired) electrons. The van der Waals surface area contributed by atoms with Gasteiger partial charge in [-0.3, -0.25) is 4.79 Å². The van der Waals surface area contributed by atoms with Crippen molar-refractivity contribution in [2.45, 2.75) is 58.2 Å². The molecule has 2 rings (SSSR count). The fourth-order valence-electron chi connectivity index (χ4n) is 2.51. The van der Waals surface area contributed by atoms with Crippen molar-refractivity contribution in [1.29, 1.82) is 0 Å². The number of aliphatic hydroxyl groups excluding tert-OH is 2. The lowest BCUT2D eigenvalue weighted by atomic mass is 10.0. The molecule has 2 atom stereocenters. The van der Waals surface area contributed by atoms with Gasteiger partial charge < -0.3 is 20.4 Å². The molecule has 0 aromatic heterocycles. The third-order valence-corrected chi connectivity index (χ3v) is 4.04. The van der Waals surface area contributed by atoms with Gasteiger partial charge in [-0.15, -0.1) is 0 Å². The van der Waals surface area contributed by atoms with Gasteiger partial charge in [-0.05, 0) is 31.4 Å². The van der Waals surface area contributed by atoms with Gasteiger partial charge in [0.15, 0.2) is 0 Å². The number of aromatic carboxylic acids is 1. The van der Waals surface area contributed by atoms with Gasteiger partial charge in [0.05, 0.1) is 17.8 Å². The van der Waals surface area contributed by atoms with Crippen LogP contribution in [0.2, 0.25) is 0 Å². The molecule has 0 aliphatic heterocycles. The highest BCUT2D eigenvalue weighted by atomic mass is 16.4. The second-order valence-electron chi connectivity index (χ2n) is 6.79. The number of carboxylic acids is 2. The largest absolute Gasteiger partial charge is 0.478 e. The number of benzene rings is 2. The van der Waals surface area contributed by atoms with Gasteiger partial charge in [0.1, 0.15) is 0 Å². The third-order valence-electron chi connectivity index (χ3n) is 4.04. The van der Waals surface area contributed by atoms with Crippen LogP contribution in [0.5, 0.6) is 0 Å². The van der Waals surface area contributed by atoms with Gasteiger partial charge in [0.2, 0.25) is 0 Å². The molecule has 2 unspecified atom stereocenters. The van der Waals surface area contributed by atoms with Crippen molar-refractivity contribution in [1.82, 2.24) is 0 Å². The Kier molecular flexibility index (Phi) is 15.1. The number of Topliss-reactive ketones (excluding diaryl/α,β-unsaturated/α-hetero) is 1. The maximum Gasteiger partial charge on any atom is 0.377 e. The summed E-state index contributed by atoms with van der Waals surface area (Å²) in [6.07, 6.45) is 3.52. The van der Waals surface area contributed by atoms with E-state index in [0.29, 0.717) is 12.0 Å². The second-order valence-corrected chi connectivity index (χ2v) is 6.79. The smallest absolute Gasteiger partial charge is 0.377 e. The van der Waals surface area contributed by atoms with E-state index in [2.05, 4.69) is 0 Å². The van der Waals surface area contributed by atoms with Crippen LogP contribution < -0.4 is 0 Å². The van der Waals surface area contributed by atoms with Crippen LogP contribution in [0.1, 0.15) is 66.7 Å². The van der Waals surface area contributed by atoms with Gasteiger partial charge in [-0.1, -0.05) is 75.2 Å². The van der Waals surface area contributed by atoms with E-state index in [4.69, 9.17) is 10.2 Å². The summed E-state index contributed by atoms with van der Waals surface area (Å²) in [5, 5.41) is 35.2. The van der Waals surface area contributed by atoms with E-state index in [1.54, 1.807) is 48.5 Å². The van der Waals surface area contributed by atoms with E-state index >= 15 is 0 Å². The molecule has 170 valence electrons. The highest BCUT2D eigenvalue weighted by molar-refractivity contribution is 6.39. The predicted octanol–water partition coefficient (Wildman–Crippen LogP) is 4.04. The SMILES string of the molecule is CCCC(O)CC(O)CCC.O=C(O)C(=O)c1ccccc1.O=C(O)c1ccccc1. The zero-order chi connectivity index (χ0) is 23.6. The molecule has 0 fully saturated rings. The molecule has 0 saturated carbocycles. The summed E-state index contributed by atoms with van der Waals surface area (Å²) in [6.45, 7) is 4.07. The minimum absolute atomic E-state index is 0.208. The van der Waals surface area contributed by atoms with Crippen LogP contribution in [-0.2, 0) is 4.79 Å². The Hall–Kier alpha value is -3.03. The Bertz CT molecular complexity index is 750. The normalized spacial score (nSPS) is 11.6. The van der Waals surface area contributed by atoms with Gasteiger partial charge in [-0.2, -0.15) is 0 Å². The molecule has 0 heterocycles. The number of carboxylic acid groups (broad SMARTS) is 2. The molecule has 31 heavy (non-hydrogen) atoms. The van der Waals surface area contributed by atoms with Crippen molar-refractivity contribution >= 4 is 17.7 Å². The summed E-state index contributed by atoms with van der Waals surface area (Å²) in [7, 11) is 0. The van der Waals surface area contributed by atoms with E-state index in [1.165, 1.54) is 12.1 Å². The molecule has 0 spiro atoms. The molecule has 4 N–H and O–H groups in total. The standard InChI is InChI=1S/C9H20O2.C8H6O3.C7H6O2/c1-3-5-8(10)7-9(11)6-4-2;9-7(8(10)11)6-4-2-1-3-5-6;8-7(9)6-4-2-1-3-5-6/h8-11H,3-7H2,1-2H3;1-5H,(H,10,11);1-5H,(H,8,9). The van der Waals surface area contributed by atoms with E-state index in [1.807, 2.05) is 13.8 Å². The number of aliphatic hydroxyl groups is 2. The Labute approximate surface area is 183 Å². The quantitative estimate of drug-likeness (QED) is 0.347. The van der Waals surface area contributed by atoms with Crippen molar-refractivity contribution in [3.05, 3.63) is 71.8 Å². The van der Waals surface area contributed by atoms with Crippen LogP contribution in [0.4, 0.5) is 0 Å². The molecule has 7 heteroatoms. The van der Waals surface area contributed by atoms with Gasteiger partial charge in [0.25, 0.3) is 5.78 Å².